The number of benzene rings is 1. The van der Waals surface area contributed by atoms with Gasteiger partial charge in [-0.3, -0.25) is 9.36 Å². The number of rotatable bonds is 4. The van der Waals surface area contributed by atoms with Crippen molar-refractivity contribution in [2.75, 3.05) is 13.7 Å². The van der Waals surface area contributed by atoms with Crippen LogP contribution in [-0.4, -0.2) is 65.8 Å². The van der Waals surface area contributed by atoms with Gasteiger partial charge in [-0.1, -0.05) is 20.8 Å². The van der Waals surface area contributed by atoms with Crippen LogP contribution in [0.15, 0.2) is 41.6 Å². The number of aromatic nitrogens is 4. The predicted molar refractivity (Wildman–Crippen MR) is 127 cm³/mol. The molecule has 3 unspecified atom stereocenters. The summed E-state index contributed by atoms with van der Waals surface area (Å²) in [6.45, 7) is 7.84. The number of nitrogens with zero attached hydrogens (tertiary/aromatic N) is 5. The highest BCUT2D eigenvalue weighted by molar-refractivity contribution is 5.75. The van der Waals surface area contributed by atoms with Gasteiger partial charge in [-0.2, -0.15) is 5.10 Å². The number of ether oxygens (including phenoxy) is 1. The topological polar surface area (TPSA) is 123 Å². The number of carboxylic acid groups (broad SMARTS) is 1. The van der Waals surface area contributed by atoms with E-state index >= 15 is 0 Å². The molecule has 3 heterocycles. The van der Waals surface area contributed by atoms with Crippen molar-refractivity contribution in [2.24, 2.45) is 5.41 Å². The minimum Gasteiger partial charge on any atom is -0.497 e. The van der Waals surface area contributed by atoms with Gasteiger partial charge < -0.3 is 19.8 Å². The molecule has 3 atom stereocenters. The number of piperidine rings is 1. The first-order chi connectivity index (χ1) is 16.0. The van der Waals surface area contributed by atoms with E-state index < -0.39 is 23.8 Å². The molecular weight excluding hydrogens is 438 g/mol. The Morgan fingerprint density at radius 2 is 1.94 bits per heavy atom. The number of hydrogen-bond donors (Lipinski definition) is 2. The van der Waals surface area contributed by atoms with Crippen molar-refractivity contribution in [3.8, 4) is 11.4 Å². The summed E-state index contributed by atoms with van der Waals surface area (Å²) in [5.74, 6) is 0.708. The zero-order valence-corrected chi connectivity index (χ0v) is 20.1. The standard InChI is InChI=1S/C24H31N5O5/c1-15(24(33)10-11-27(22(31)32)19(12-24)23(2,3)4)28-14-25-20-18(21(28)30)13-26-29(20)16-6-8-17(34-5)9-7-16/h6-9,13-15,19,33H,10-12H2,1-5H3,(H,31,32). The maximum atomic E-state index is 13.4. The summed E-state index contributed by atoms with van der Waals surface area (Å²) in [5.41, 5.74) is -0.799. The van der Waals surface area contributed by atoms with Crippen LogP contribution in [0.1, 0.15) is 46.6 Å². The molecule has 1 amide bonds. The van der Waals surface area contributed by atoms with Crippen LogP contribution in [0.25, 0.3) is 16.7 Å². The van der Waals surface area contributed by atoms with Crippen molar-refractivity contribution in [1.82, 2.24) is 24.2 Å². The van der Waals surface area contributed by atoms with Crippen molar-refractivity contribution < 1.29 is 19.7 Å². The number of amides is 1. The summed E-state index contributed by atoms with van der Waals surface area (Å²) < 4.78 is 8.21. The zero-order chi connectivity index (χ0) is 24.8. The summed E-state index contributed by atoms with van der Waals surface area (Å²) in [6.07, 6.45) is 2.36. The lowest BCUT2D eigenvalue weighted by Gasteiger charge is -2.50. The van der Waals surface area contributed by atoms with Gasteiger partial charge in [-0.05, 0) is 49.4 Å². The van der Waals surface area contributed by atoms with Crippen molar-refractivity contribution in [3.63, 3.8) is 0 Å². The van der Waals surface area contributed by atoms with Gasteiger partial charge in [0.15, 0.2) is 5.65 Å². The Balaban J connectivity index is 1.69. The quantitative estimate of drug-likeness (QED) is 0.602. The molecule has 0 bridgehead atoms. The Labute approximate surface area is 197 Å². The first kappa shape index (κ1) is 23.7. The molecule has 4 rings (SSSR count). The number of carbonyl (C=O) groups is 1. The molecule has 3 aromatic rings. The minimum absolute atomic E-state index is 0.192. The summed E-state index contributed by atoms with van der Waals surface area (Å²) >= 11 is 0. The molecule has 2 N–H and O–H groups in total. The van der Waals surface area contributed by atoms with Gasteiger partial charge in [0.2, 0.25) is 0 Å². The second kappa shape index (κ2) is 8.43. The van der Waals surface area contributed by atoms with Crippen LogP contribution in [0.4, 0.5) is 4.79 Å². The number of likely N-dealkylation sites (tertiary alicyclic amines) is 1. The van der Waals surface area contributed by atoms with E-state index in [2.05, 4.69) is 10.1 Å². The fourth-order valence-corrected chi connectivity index (χ4v) is 4.77. The Morgan fingerprint density at radius 1 is 1.26 bits per heavy atom. The van der Waals surface area contributed by atoms with Crippen LogP contribution >= 0.6 is 0 Å². The van der Waals surface area contributed by atoms with Crippen LogP contribution in [-0.2, 0) is 0 Å². The van der Waals surface area contributed by atoms with Crippen LogP contribution in [0.3, 0.4) is 0 Å². The average Bonchev–Trinajstić information content (AvgIpc) is 3.23. The summed E-state index contributed by atoms with van der Waals surface area (Å²) in [5, 5.41) is 26.0. The first-order valence-electron chi connectivity index (χ1n) is 11.3. The molecule has 0 radical (unpaired) electrons. The number of methoxy groups -OCH3 is 1. The third kappa shape index (κ3) is 4.02. The van der Waals surface area contributed by atoms with Crippen LogP contribution < -0.4 is 10.3 Å². The van der Waals surface area contributed by atoms with Crippen molar-refractivity contribution in [2.45, 2.75) is 58.2 Å². The van der Waals surface area contributed by atoms with Crippen LogP contribution in [0, 0.1) is 5.41 Å². The lowest BCUT2D eigenvalue weighted by molar-refractivity contribution is -0.0909. The molecule has 1 aliphatic rings. The highest BCUT2D eigenvalue weighted by atomic mass is 16.5. The van der Waals surface area contributed by atoms with E-state index in [4.69, 9.17) is 4.74 Å². The summed E-state index contributed by atoms with van der Waals surface area (Å²) in [4.78, 5) is 31.1. The van der Waals surface area contributed by atoms with Gasteiger partial charge in [0, 0.05) is 12.6 Å². The van der Waals surface area contributed by atoms with Crippen LogP contribution in [0.2, 0.25) is 0 Å². The van der Waals surface area contributed by atoms with Gasteiger partial charge in [0.1, 0.15) is 17.5 Å². The number of fused-ring (bicyclic) bond motifs is 1. The van der Waals surface area contributed by atoms with E-state index in [-0.39, 0.29) is 30.4 Å². The molecule has 182 valence electrons. The Kier molecular flexibility index (Phi) is 5.89. The lowest BCUT2D eigenvalue weighted by atomic mass is 9.72. The molecule has 0 aliphatic carbocycles. The molecule has 0 saturated carbocycles. The fraction of sp³-hybridized carbons (Fsp3) is 0.500. The first-order valence-corrected chi connectivity index (χ1v) is 11.3. The molecule has 0 spiro atoms. The van der Waals surface area contributed by atoms with E-state index in [0.29, 0.717) is 16.8 Å². The maximum Gasteiger partial charge on any atom is 0.407 e. The lowest BCUT2D eigenvalue weighted by Crippen LogP contribution is -2.59. The van der Waals surface area contributed by atoms with Crippen molar-refractivity contribution >= 4 is 17.1 Å². The van der Waals surface area contributed by atoms with E-state index in [9.17, 15) is 19.8 Å². The summed E-state index contributed by atoms with van der Waals surface area (Å²) in [6, 6.07) is 6.26. The molecular formula is C24H31N5O5. The Morgan fingerprint density at radius 3 is 2.53 bits per heavy atom. The largest absolute Gasteiger partial charge is 0.497 e. The smallest absolute Gasteiger partial charge is 0.407 e. The van der Waals surface area contributed by atoms with Gasteiger partial charge in [0.05, 0.1) is 30.6 Å². The molecule has 1 fully saturated rings. The second-order valence-electron chi connectivity index (χ2n) is 10.0. The molecule has 10 nitrogen and oxygen atoms in total. The van der Waals surface area contributed by atoms with Gasteiger partial charge in [-0.15, -0.1) is 0 Å². The van der Waals surface area contributed by atoms with Gasteiger partial charge in [0.25, 0.3) is 5.56 Å². The normalized spacial score (nSPS) is 22.1. The number of aliphatic hydroxyl groups is 1. The van der Waals surface area contributed by atoms with Crippen molar-refractivity contribution in [3.05, 3.63) is 47.1 Å². The molecule has 1 aromatic carbocycles. The molecule has 10 heteroatoms. The van der Waals surface area contributed by atoms with Gasteiger partial charge in [-0.25, -0.2) is 14.5 Å². The summed E-state index contributed by atoms with van der Waals surface area (Å²) in [7, 11) is 1.59. The van der Waals surface area contributed by atoms with Crippen molar-refractivity contribution in [1.29, 1.82) is 0 Å². The maximum absolute atomic E-state index is 13.4. The monoisotopic (exact) mass is 469 g/mol. The van der Waals surface area contributed by atoms with E-state index in [1.165, 1.54) is 22.0 Å². The molecule has 1 aliphatic heterocycles. The molecule has 1 saturated heterocycles. The second-order valence-corrected chi connectivity index (χ2v) is 10.0. The zero-order valence-electron chi connectivity index (χ0n) is 20.1. The Bertz CT molecular complexity index is 1260. The SMILES string of the molecule is COc1ccc(-n2ncc3c(=O)n(C(C)C4(O)CCN(C(=O)O)C(C(C)(C)C)C4)cnc32)cc1. The van der Waals surface area contributed by atoms with E-state index in [1.807, 2.05) is 32.9 Å². The Hall–Kier alpha value is -3.40. The predicted octanol–water partition coefficient (Wildman–Crippen LogP) is 3.07. The highest BCUT2D eigenvalue weighted by Gasteiger charge is 2.48. The van der Waals surface area contributed by atoms with Crippen LogP contribution in [0.5, 0.6) is 5.75 Å². The highest BCUT2D eigenvalue weighted by Crippen LogP contribution is 2.41. The number of hydrogen-bond acceptors (Lipinski definition) is 6. The van der Waals surface area contributed by atoms with Gasteiger partial charge >= 0.3 is 6.09 Å². The minimum atomic E-state index is -1.27. The molecule has 2 aromatic heterocycles. The fourth-order valence-electron chi connectivity index (χ4n) is 4.77. The van der Waals surface area contributed by atoms with E-state index in [1.54, 1.807) is 30.8 Å². The average molecular weight is 470 g/mol. The third-order valence-corrected chi connectivity index (χ3v) is 6.98. The van der Waals surface area contributed by atoms with E-state index in [0.717, 1.165) is 5.69 Å². The third-order valence-electron chi connectivity index (χ3n) is 6.98. The molecule has 34 heavy (non-hydrogen) atoms.